The number of hydroxylamine groups is 1. The number of nitrogens with one attached hydrogen (secondary N) is 1. The van der Waals surface area contributed by atoms with E-state index in [0.717, 1.165) is 17.9 Å². The predicted molar refractivity (Wildman–Crippen MR) is 33.6 cm³/mol. The molecule has 4 heteroatoms. The van der Waals surface area contributed by atoms with Crippen LogP contribution in [0, 0.1) is 0 Å². The molecule has 0 bridgehead atoms. The number of hydrogen-bond acceptors (Lipinski definition) is 3. The number of aliphatic hydroxyl groups is 1. The molecule has 3 nitrogen and oxygen atoms in total. The Morgan fingerprint density at radius 2 is 1.89 bits per heavy atom. The van der Waals surface area contributed by atoms with Crippen molar-refractivity contribution in [3.8, 4) is 0 Å². The van der Waals surface area contributed by atoms with Gasteiger partial charge in [-0.1, -0.05) is 0 Å². The quantitative estimate of drug-likeness (QED) is 0.356. The average molecular weight is 185 g/mol. The van der Waals surface area contributed by atoms with E-state index in [1.54, 1.807) is 20.9 Å². The van der Waals surface area contributed by atoms with Crippen LogP contribution in [0.25, 0.3) is 0 Å². The molecule has 0 saturated carbocycles. The van der Waals surface area contributed by atoms with Gasteiger partial charge >= 0.3 is 23.0 Å². The van der Waals surface area contributed by atoms with Gasteiger partial charge in [-0.15, -0.1) is 0 Å². The van der Waals surface area contributed by atoms with E-state index in [9.17, 15) is 0 Å². The first-order valence-electron chi connectivity index (χ1n) is 2.63. The summed E-state index contributed by atoms with van der Waals surface area (Å²) in [6, 6.07) is 0. The summed E-state index contributed by atoms with van der Waals surface area (Å²) in [6.07, 6.45) is 0. The molecule has 0 radical (unpaired) electrons. The summed E-state index contributed by atoms with van der Waals surface area (Å²) in [4.78, 5) is 4.53. The summed E-state index contributed by atoms with van der Waals surface area (Å²) in [7, 11) is 1.60. The van der Waals surface area contributed by atoms with Gasteiger partial charge in [-0.05, 0) is 13.8 Å². The third-order valence-corrected chi connectivity index (χ3v) is 0.352. The molecule has 0 heterocycles. The Morgan fingerprint density at radius 1 is 1.56 bits per heavy atom. The van der Waals surface area contributed by atoms with Crippen LogP contribution < -0.4 is 5.48 Å². The molecule has 0 saturated heterocycles. The number of hydrogen-bond donors (Lipinski definition) is 2. The summed E-state index contributed by atoms with van der Waals surface area (Å²) in [5, 5.41) is 12.1. The minimum absolute atomic E-state index is 1.06. The van der Waals surface area contributed by atoms with Crippen LogP contribution in [0.15, 0.2) is 0 Å². The van der Waals surface area contributed by atoms with Gasteiger partial charge in [0.15, 0.2) is 5.79 Å². The van der Waals surface area contributed by atoms with Gasteiger partial charge in [0.25, 0.3) is 0 Å². The third kappa shape index (κ3) is 17.8. The van der Waals surface area contributed by atoms with E-state index < -0.39 is 5.79 Å². The molecule has 2 N–H and O–H groups in total. The van der Waals surface area contributed by atoms with Crippen LogP contribution in [0.5, 0.6) is 0 Å². The van der Waals surface area contributed by atoms with Crippen molar-refractivity contribution in [3.63, 3.8) is 0 Å². The van der Waals surface area contributed by atoms with Crippen molar-refractivity contribution in [2.45, 2.75) is 19.6 Å². The maximum atomic E-state index is 8.73. The molecule has 0 rings (SSSR count). The fraction of sp³-hybridized carbons (Fsp3) is 0.800. The summed E-state index contributed by atoms with van der Waals surface area (Å²) in [5.41, 5.74) is 2.36. The third-order valence-electron chi connectivity index (χ3n) is 0.352. The second-order valence-corrected chi connectivity index (χ2v) is 1.75. The fourth-order valence-corrected chi connectivity index (χ4v) is 0.250. The van der Waals surface area contributed by atoms with E-state index in [2.05, 4.69) is 15.4 Å². The Morgan fingerprint density at radius 3 is 1.89 bits per heavy atom. The Kier molecular flexibility index (Phi) is 8.72. The topological polar surface area (TPSA) is 41.5 Å². The molecule has 0 aromatic heterocycles. The van der Waals surface area contributed by atoms with Gasteiger partial charge in [0.2, 0.25) is 0 Å². The zero-order valence-electron chi connectivity index (χ0n) is 6.27. The predicted octanol–water partition coefficient (Wildman–Crippen LogP) is -0.169. The molecule has 0 aromatic rings. The molecule has 0 aliphatic rings. The summed E-state index contributed by atoms with van der Waals surface area (Å²) in [6.45, 7) is 3.09. The summed E-state index contributed by atoms with van der Waals surface area (Å²) >= 11 is 1.12. The Hall–Kier alpha value is 0.373. The van der Waals surface area contributed by atoms with Crippen molar-refractivity contribution in [1.82, 2.24) is 5.48 Å². The van der Waals surface area contributed by atoms with Gasteiger partial charge in [-0.25, -0.2) is 5.48 Å². The van der Waals surface area contributed by atoms with Gasteiger partial charge in [0.05, 0.1) is 0 Å². The van der Waals surface area contributed by atoms with Crippen LogP contribution in [0.3, 0.4) is 0 Å². The maximum absolute atomic E-state index is 8.73. The molecule has 0 aromatic carbocycles. The van der Waals surface area contributed by atoms with Gasteiger partial charge in [-0.3, -0.25) is 4.84 Å². The normalized spacial score (nSPS) is 10.0. The number of rotatable bonds is 2. The first kappa shape index (κ1) is 12.1. The second-order valence-electron chi connectivity index (χ2n) is 1.75. The van der Waals surface area contributed by atoms with Crippen molar-refractivity contribution in [2.75, 3.05) is 7.05 Å². The van der Waals surface area contributed by atoms with Gasteiger partial charge < -0.3 is 5.11 Å². The Labute approximate surface area is 65.6 Å². The van der Waals surface area contributed by atoms with Crippen LogP contribution in [-0.2, 0) is 22.7 Å². The van der Waals surface area contributed by atoms with Crippen LogP contribution >= 0.6 is 0 Å². The zero-order chi connectivity index (χ0) is 7.91. The molecule has 52 valence electrons. The Balaban J connectivity index is 0. The van der Waals surface area contributed by atoms with E-state index in [4.69, 9.17) is 5.11 Å². The molecular formula is C5H13NO2Zn. The molecule has 0 unspecified atom stereocenters. The van der Waals surface area contributed by atoms with E-state index in [1.165, 1.54) is 0 Å². The van der Waals surface area contributed by atoms with Crippen LogP contribution in [0.4, 0.5) is 0 Å². The molecule has 0 aliphatic carbocycles. The molecule has 0 spiro atoms. The molecule has 9 heavy (non-hydrogen) atoms. The van der Waals surface area contributed by atoms with Crippen molar-refractivity contribution in [1.29, 1.82) is 0 Å². The van der Waals surface area contributed by atoms with Crippen molar-refractivity contribution in [2.24, 2.45) is 0 Å². The van der Waals surface area contributed by atoms with E-state index in [1.807, 2.05) is 0 Å². The SMILES string of the molecule is CNOC(C)(C)O.[CH2]=[Zn]. The van der Waals surface area contributed by atoms with Crippen LogP contribution in [0.2, 0.25) is 0 Å². The van der Waals surface area contributed by atoms with Crippen LogP contribution in [-0.4, -0.2) is 23.1 Å². The van der Waals surface area contributed by atoms with Gasteiger partial charge in [0, 0.05) is 7.05 Å². The second kappa shape index (κ2) is 6.49. The first-order chi connectivity index (χ1) is 4.06. The molecule has 0 aliphatic heterocycles. The van der Waals surface area contributed by atoms with Gasteiger partial charge in [0.1, 0.15) is 0 Å². The van der Waals surface area contributed by atoms with E-state index >= 15 is 0 Å². The van der Waals surface area contributed by atoms with Crippen molar-refractivity contribution >= 4 is 5.11 Å². The molecule has 0 fully saturated rings. The standard InChI is InChI=1S/C4H11NO2.CH2.Zn/c1-4(2,6)7-5-3;;/h5-6H,1-3H3;1H2;. The first-order valence-corrected chi connectivity index (χ1v) is 4.73. The summed E-state index contributed by atoms with van der Waals surface area (Å²) < 4.78 is 0. The molecule has 0 amide bonds. The molecular weight excluding hydrogens is 171 g/mol. The van der Waals surface area contributed by atoms with Crippen molar-refractivity contribution in [3.05, 3.63) is 0 Å². The summed E-state index contributed by atoms with van der Waals surface area (Å²) in [5.74, 6) is -1.06. The average Bonchev–Trinajstić information content (AvgIpc) is 1.69. The van der Waals surface area contributed by atoms with E-state index in [-0.39, 0.29) is 0 Å². The van der Waals surface area contributed by atoms with E-state index in [0.29, 0.717) is 0 Å². The molecule has 0 atom stereocenters. The monoisotopic (exact) mass is 183 g/mol. The van der Waals surface area contributed by atoms with Gasteiger partial charge in [-0.2, -0.15) is 0 Å². The van der Waals surface area contributed by atoms with Crippen LogP contribution in [0.1, 0.15) is 13.8 Å². The Bertz CT molecular complexity index is 62.5. The van der Waals surface area contributed by atoms with Crippen molar-refractivity contribution < 1.29 is 27.8 Å². The fourth-order valence-electron chi connectivity index (χ4n) is 0.250. The minimum atomic E-state index is -1.06. The zero-order valence-corrected chi connectivity index (χ0v) is 9.24.